The molecule has 1 aliphatic heterocycles. The van der Waals surface area contributed by atoms with Crippen molar-refractivity contribution >= 4 is 17.3 Å². The van der Waals surface area contributed by atoms with E-state index in [9.17, 15) is 4.79 Å². The molecule has 1 N–H and O–H groups in total. The highest BCUT2D eigenvalue weighted by Gasteiger charge is 2.19. The van der Waals surface area contributed by atoms with Gasteiger partial charge in [-0.2, -0.15) is 0 Å². The third-order valence-corrected chi connectivity index (χ3v) is 2.71. The summed E-state index contributed by atoms with van der Waals surface area (Å²) in [5.74, 6) is 0.201. The molecular formula is C12H16N2O. The largest absolute Gasteiger partial charge is 0.383 e. The molecule has 0 spiro atoms. The van der Waals surface area contributed by atoms with Crippen LogP contribution in [0.5, 0.6) is 0 Å². The van der Waals surface area contributed by atoms with Crippen molar-refractivity contribution in [1.29, 1.82) is 0 Å². The lowest BCUT2D eigenvalue weighted by Gasteiger charge is -2.20. The number of amides is 1. The summed E-state index contributed by atoms with van der Waals surface area (Å²) in [7, 11) is 0. The minimum absolute atomic E-state index is 0.201. The van der Waals surface area contributed by atoms with E-state index in [2.05, 4.69) is 18.3 Å². The molecule has 0 aliphatic carbocycles. The topological polar surface area (TPSA) is 32.3 Å². The van der Waals surface area contributed by atoms with Gasteiger partial charge in [-0.15, -0.1) is 0 Å². The molecule has 0 saturated heterocycles. The standard InChI is InChI=1S/C12H16N2O/c1-3-14-11-5-4-9(2)8-10(11)13-7-6-12(14)15/h4-5,8,13H,3,6-7H2,1-2H3. The number of nitrogens with zero attached hydrogens (tertiary/aromatic N) is 1. The lowest BCUT2D eigenvalue weighted by atomic mass is 10.2. The van der Waals surface area contributed by atoms with Crippen molar-refractivity contribution in [3.8, 4) is 0 Å². The second-order valence-electron chi connectivity index (χ2n) is 3.84. The molecule has 0 atom stereocenters. The second kappa shape index (κ2) is 3.93. The summed E-state index contributed by atoms with van der Waals surface area (Å²) >= 11 is 0. The van der Waals surface area contributed by atoms with E-state index in [0.29, 0.717) is 6.42 Å². The molecule has 0 aromatic heterocycles. The van der Waals surface area contributed by atoms with E-state index in [1.165, 1.54) is 5.56 Å². The predicted octanol–water partition coefficient (Wildman–Crippen LogP) is 2.16. The zero-order valence-electron chi connectivity index (χ0n) is 9.21. The van der Waals surface area contributed by atoms with E-state index in [1.54, 1.807) is 0 Å². The van der Waals surface area contributed by atoms with Gasteiger partial charge in [0.15, 0.2) is 0 Å². The van der Waals surface area contributed by atoms with E-state index >= 15 is 0 Å². The Morgan fingerprint density at radius 3 is 3.00 bits per heavy atom. The summed E-state index contributed by atoms with van der Waals surface area (Å²) in [6.45, 7) is 5.53. The fourth-order valence-electron chi connectivity index (χ4n) is 1.95. The zero-order chi connectivity index (χ0) is 10.8. The van der Waals surface area contributed by atoms with Crippen LogP contribution in [0.25, 0.3) is 0 Å². The Labute approximate surface area is 90.1 Å². The Bertz CT molecular complexity index is 387. The number of fused-ring (bicyclic) bond motifs is 1. The molecule has 1 aliphatic rings. The van der Waals surface area contributed by atoms with E-state index in [-0.39, 0.29) is 5.91 Å². The van der Waals surface area contributed by atoms with Gasteiger partial charge in [0, 0.05) is 19.5 Å². The van der Waals surface area contributed by atoms with E-state index in [0.717, 1.165) is 24.5 Å². The predicted molar refractivity (Wildman–Crippen MR) is 62.3 cm³/mol. The van der Waals surface area contributed by atoms with Gasteiger partial charge >= 0.3 is 0 Å². The number of aryl methyl sites for hydroxylation is 1. The summed E-state index contributed by atoms with van der Waals surface area (Å²) < 4.78 is 0. The normalized spacial score (nSPS) is 15.6. The first-order valence-electron chi connectivity index (χ1n) is 5.37. The van der Waals surface area contributed by atoms with Crippen LogP contribution in [0, 0.1) is 6.92 Å². The van der Waals surface area contributed by atoms with Crippen molar-refractivity contribution in [1.82, 2.24) is 0 Å². The summed E-state index contributed by atoms with van der Waals surface area (Å²) in [5, 5.41) is 3.30. The van der Waals surface area contributed by atoms with Crippen LogP contribution in [0.1, 0.15) is 18.9 Å². The van der Waals surface area contributed by atoms with E-state index in [4.69, 9.17) is 0 Å². The minimum atomic E-state index is 0.201. The maximum Gasteiger partial charge on any atom is 0.228 e. The first-order valence-corrected chi connectivity index (χ1v) is 5.37. The van der Waals surface area contributed by atoms with Crippen LogP contribution in [0.15, 0.2) is 18.2 Å². The summed E-state index contributed by atoms with van der Waals surface area (Å²) in [4.78, 5) is 13.6. The molecular weight excluding hydrogens is 188 g/mol. The fraction of sp³-hybridized carbons (Fsp3) is 0.417. The molecule has 0 bridgehead atoms. The molecule has 3 heteroatoms. The number of carbonyl (C=O) groups excluding carboxylic acids is 1. The monoisotopic (exact) mass is 204 g/mol. The Balaban J connectivity index is 2.47. The van der Waals surface area contributed by atoms with Crippen LogP contribution in [0.2, 0.25) is 0 Å². The maximum atomic E-state index is 11.8. The van der Waals surface area contributed by atoms with Gasteiger partial charge < -0.3 is 10.2 Å². The van der Waals surface area contributed by atoms with Crippen LogP contribution < -0.4 is 10.2 Å². The SMILES string of the molecule is CCN1C(=O)CCNc2cc(C)ccc21. The maximum absolute atomic E-state index is 11.8. The minimum Gasteiger partial charge on any atom is -0.383 e. The first-order chi connectivity index (χ1) is 7.22. The Kier molecular flexibility index (Phi) is 2.62. The molecule has 0 radical (unpaired) electrons. The van der Waals surface area contributed by atoms with E-state index < -0.39 is 0 Å². The molecule has 1 amide bonds. The Morgan fingerprint density at radius 2 is 2.27 bits per heavy atom. The molecule has 15 heavy (non-hydrogen) atoms. The second-order valence-corrected chi connectivity index (χ2v) is 3.84. The van der Waals surface area contributed by atoms with Crippen molar-refractivity contribution in [3.05, 3.63) is 23.8 Å². The van der Waals surface area contributed by atoms with Crippen LogP contribution in [0.4, 0.5) is 11.4 Å². The number of rotatable bonds is 1. The van der Waals surface area contributed by atoms with Gasteiger partial charge in [-0.05, 0) is 31.5 Å². The number of anilines is 2. The summed E-state index contributed by atoms with van der Waals surface area (Å²) in [6.07, 6.45) is 0.571. The number of benzene rings is 1. The van der Waals surface area contributed by atoms with Gasteiger partial charge in [0.2, 0.25) is 5.91 Å². The van der Waals surface area contributed by atoms with Crippen molar-refractivity contribution in [2.75, 3.05) is 23.3 Å². The third kappa shape index (κ3) is 1.82. The van der Waals surface area contributed by atoms with Crippen LogP contribution >= 0.6 is 0 Å². The first kappa shape index (κ1) is 10.0. The van der Waals surface area contributed by atoms with E-state index in [1.807, 2.05) is 24.0 Å². The molecule has 0 saturated carbocycles. The van der Waals surface area contributed by atoms with Gasteiger partial charge in [-0.1, -0.05) is 6.07 Å². The van der Waals surface area contributed by atoms with Gasteiger partial charge in [0.1, 0.15) is 0 Å². The van der Waals surface area contributed by atoms with Crippen LogP contribution in [-0.2, 0) is 4.79 Å². The number of hydrogen-bond acceptors (Lipinski definition) is 2. The highest BCUT2D eigenvalue weighted by Crippen LogP contribution is 2.29. The molecule has 1 aromatic carbocycles. The number of hydrogen-bond donors (Lipinski definition) is 1. The molecule has 3 nitrogen and oxygen atoms in total. The average Bonchev–Trinajstić information content (AvgIpc) is 2.36. The van der Waals surface area contributed by atoms with Crippen molar-refractivity contribution < 1.29 is 4.79 Å². The molecule has 0 unspecified atom stereocenters. The molecule has 1 aromatic rings. The fourth-order valence-corrected chi connectivity index (χ4v) is 1.95. The average molecular weight is 204 g/mol. The highest BCUT2D eigenvalue weighted by molar-refractivity contribution is 5.98. The molecule has 80 valence electrons. The quantitative estimate of drug-likeness (QED) is 0.760. The van der Waals surface area contributed by atoms with Crippen LogP contribution in [-0.4, -0.2) is 19.0 Å². The van der Waals surface area contributed by atoms with Crippen molar-refractivity contribution in [2.45, 2.75) is 20.3 Å². The lowest BCUT2D eigenvalue weighted by molar-refractivity contribution is -0.118. The number of nitrogens with one attached hydrogen (secondary N) is 1. The van der Waals surface area contributed by atoms with Crippen molar-refractivity contribution in [3.63, 3.8) is 0 Å². The highest BCUT2D eigenvalue weighted by atomic mass is 16.2. The van der Waals surface area contributed by atoms with Gasteiger partial charge in [0.25, 0.3) is 0 Å². The summed E-state index contributed by atoms with van der Waals surface area (Å²) in [6, 6.07) is 6.16. The molecule has 0 fully saturated rings. The zero-order valence-corrected chi connectivity index (χ0v) is 9.21. The van der Waals surface area contributed by atoms with Gasteiger partial charge in [-0.3, -0.25) is 4.79 Å². The Morgan fingerprint density at radius 1 is 1.47 bits per heavy atom. The van der Waals surface area contributed by atoms with Crippen LogP contribution in [0.3, 0.4) is 0 Å². The van der Waals surface area contributed by atoms with Gasteiger partial charge in [0.05, 0.1) is 11.4 Å². The molecule has 2 rings (SSSR count). The smallest absolute Gasteiger partial charge is 0.228 e. The summed E-state index contributed by atoms with van der Waals surface area (Å²) in [5.41, 5.74) is 3.29. The third-order valence-electron chi connectivity index (χ3n) is 2.71. The number of carbonyl (C=O) groups is 1. The Hall–Kier alpha value is -1.51. The lowest BCUT2D eigenvalue weighted by Crippen LogP contribution is -2.29. The van der Waals surface area contributed by atoms with Crippen molar-refractivity contribution in [2.24, 2.45) is 0 Å². The molecule has 1 heterocycles. The van der Waals surface area contributed by atoms with Gasteiger partial charge in [-0.25, -0.2) is 0 Å².